The third-order valence-corrected chi connectivity index (χ3v) is 4.12. The van der Waals surface area contributed by atoms with Crippen LogP contribution < -0.4 is 10.2 Å². The van der Waals surface area contributed by atoms with Gasteiger partial charge >= 0.3 is 0 Å². The van der Waals surface area contributed by atoms with Crippen molar-refractivity contribution in [2.45, 2.75) is 52.5 Å². The van der Waals surface area contributed by atoms with Crippen molar-refractivity contribution in [1.82, 2.24) is 10.3 Å². The Morgan fingerprint density at radius 3 is 2.85 bits per heavy atom. The second-order valence-electron chi connectivity index (χ2n) is 5.99. The molecule has 1 aliphatic heterocycles. The topological polar surface area (TPSA) is 28.2 Å². The third-order valence-electron chi connectivity index (χ3n) is 4.12. The molecule has 1 unspecified atom stereocenters. The molecule has 0 saturated carbocycles. The maximum absolute atomic E-state index is 4.88. The van der Waals surface area contributed by atoms with E-state index < -0.39 is 0 Å². The van der Waals surface area contributed by atoms with Crippen molar-refractivity contribution < 1.29 is 0 Å². The molecule has 0 amide bonds. The number of nitrogens with zero attached hydrogens (tertiary/aromatic N) is 2. The molecule has 3 heteroatoms. The van der Waals surface area contributed by atoms with Gasteiger partial charge in [-0.05, 0) is 49.9 Å². The molecule has 1 saturated heterocycles. The van der Waals surface area contributed by atoms with E-state index in [1.165, 1.54) is 49.4 Å². The first-order chi connectivity index (χ1) is 9.76. The highest BCUT2D eigenvalue weighted by Crippen LogP contribution is 2.26. The molecule has 3 nitrogen and oxygen atoms in total. The fraction of sp³-hybridized carbons (Fsp3) is 0.706. The van der Waals surface area contributed by atoms with E-state index in [-0.39, 0.29) is 0 Å². The number of nitrogens with one attached hydrogen (secondary N) is 1. The van der Waals surface area contributed by atoms with E-state index in [1.54, 1.807) is 0 Å². The van der Waals surface area contributed by atoms with Gasteiger partial charge in [0.25, 0.3) is 0 Å². The van der Waals surface area contributed by atoms with Crippen molar-refractivity contribution >= 4 is 5.82 Å². The molecule has 2 rings (SSSR count). The molecule has 0 bridgehead atoms. The summed E-state index contributed by atoms with van der Waals surface area (Å²) in [5.41, 5.74) is 2.61. The zero-order chi connectivity index (χ0) is 14.4. The van der Waals surface area contributed by atoms with Crippen molar-refractivity contribution in [3.05, 3.63) is 23.4 Å². The summed E-state index contributed by atoms with van der Waals surface area (Å²) in [6.07, 6.45) is 6.22. The van der Waals surface area contributed by atoms with E-state index in [9.17, 15) is 0 Å². The van der Waals surface area contributed by atoms with Crippen LogP contribution in [-0.4, -0.2) is 25.1 Å². The van der Waals surface area contributed by atoms with Crippen molar-refractivity contribution in [3.8, 4) is 0 Å². The predicted octanol–water partition coefficient (Wildman–Crippen LogP) is 3.38. The Morgan fingerprint density at radius 2 is 2.15 bits per heavy atom. The van der Waals surface area contributed by atoms with Gasteiger partial charge in [0.05, 0.1) is 0 Å². The normalized spacial score (nSPS) is 18.8. The van der Waals surface area contributed by atoms with Crippen LogP contribution >= 0.6 is 0 Å². The Hall–Kier alpha value is -1.09. The molecule has 0 aromatic carbocycles. The van der Waals surface area contributed by atoms with E-state index in [0.29, 0.717) is 0 Å². The second kappa shape index (κ2) is 7.63. The van der Waals surface area contributed by atoms with Crippen LogP contribution in [0.4, 0.5) is 5.82 Å². The maximum atomic E-state index is 4.88. The number of anilines is 1. The molecule has 1 aromatic rings. The van der Waals surface area contributed by atoms with Gasteiger partial charge in [0.2, 0.25) is 0 Å². The standard InChI is InChI=1S/C17H29N3/c1-4-6-14-8-9-20(13-14)17-11-15(12-18-3)10-16(19-17)7-5-2/h10-11,14,18H,4-9,12-13H2,1-3H3. The molecule has 20 heavy (non-hydrogen) atoms. The molecule has 112 valence electrons. The van der Waals surface area contributed by atoms with Crippen molar-refractivity contribution in [2.24, 2.45) is 5.92 Å². The monoisotopic (exact) mass is 275 g/mol. The summed E-state index contributed by atoms with van der Waals surface area (Å²) in [6, 6.07) is 4.52. The predicted molar refractivity (Wildman–Crippen MR) is 86.2 cm³/mol. The summed E-state index contributed by atoms with van der Waals surface area (Å²) in [5.74, 6) is 2.06. The second-order valence-corrected chi connectivity index (χ2v) is 5.99. The highest BCUT2D eigenvalue weighted by molar-refractivity contribution is 5.44. The van der Waals surface area contributed by atoms with Gasteiger partial charge in [-0.2, -0.15) is 0 Å². The first-order valence-corrected chi connectivity index (χ1v) is 8.16. The molecule has 1 atom stereocenters. The van der Waals surface area contributed by atoms with E-state index in [4.69, 9.17) is 4.98 Å². The summed E-state index contributed by atoms with van der Waals surface area (Å²) < 4.78 is 0. The molecular formula is C17H29N3. The summed E-state index contributed by atoms with van der Waals surface area (Å²) in [7, 11) is 2.01. The quantitative estimate of drug-likeness (QED) is 0.827. The molecule has 0 aliphatic carbocycles. The first-order valence-electron chi connectivity index (χ1n) is 8.16. The number of hydrogen-bond donors (Lipinski definition) is 1. The Morgan fingerprint density at radius 1 is 1.30 bits per heavy atom. The zero-order valence-electron chi connectivity index (χ0n) is 13.3. The highest BCUT2D eigenvalue weighted by Gasteiger charge is 2.23. The van der Waals surface area contributed by atoms with Crippen LogP contribution in [0.25, 0.3) is 0 Å². The van der Waals surface area contributed by atoms with Crippen molar-refractivity contribution in [3.63, 3.8) is 0 Å². The SMILES string of the molecule is CCCc1cc(CNC)cc(N2CCC(CCC)C2)n1. The Bertz CT molecular complexity index is 392. The van der Waals surface area contributed by atoms with E-state index in [0.717, 1.165) is 25.3 Å². The Balaban J connectivity index is 2.13. The van der Waals surface area contributed by atoms with Gasteiger partial charge in [-0.25, -0.2) is 4.98 Å². The number of aryl methyl sites for hydroxylation is 1. The van der Waals surface area contributed by atoms with E-state index >= 15 is 0 Å². The number of pyridine rings is 1. The zero-order valence-corrected chi connectivity index (χ0v) is 13.3. The van der Waals surface area contributed by atoms with Crippen LogP contribution in [0.15, 0.2) is 12.1 Å². The minimum absolute atomic E-state index is 0.865. The molecule has 1 aromatic heterocycles. The summed E-state index contributed by atoms with van der Waals surface area (Å²) in [6.45, 7) is 7.80. The molecular weight excluding hydrogens is 246 g/mol. The highest BCUT2D eigenvalue weighted by atomic mass is 15.2. The first kappa shape index (κ1) is 15.3. The van der Waals surface area contributed by atoms with Gasteiger partial charge in [-0.3, -0.25) is 0 Å². The lowest BCUT2D eigenvalue weighted by atomic mass is 10.0. The summed E-state index contributed by atoms with van der Waals surface area (Å²) in [5, 5.41) is 3.25. The van der Waals surface area contributed by atoms with Gasteiger partial charge in [-0.15, -0.1) is 0 Å². The maximum Gasteiger partial charge on any atom is 0.129 e. The van der Waals surface area contributed by atoms with Gasteiger partial charge in [0.1, 0.15) is 5.82 Å². The Kier molecular flexibility index (Phi) is 5.84. The van der Waals surface area contributed by atoms with Crippen LogP contribution in [-0.2, 0) is 13.0 Å². The van der Waals surface area contributed by atoms with Crippen LogP contribution in [0.5, 0.6) is 0 Å². The minimum atomic E-state index is 0.865. The largest absolute Gasteiger partial charge is 0.356 e. The molecule has 1 aliphatic rings. The molecule has 0 radical (unpaired) electrons. The van der Waals surface area contributed by atoms with Gasteiger partial charge in [-0.1, -0.05) is 26.7 Å². The minimum Gasteiger partial charge on any atom is -0.356 e. The average Bonchev–Trinajstić information content (AvgIpc) is 2.88. The van der Waals surface area contributed by atoms with Crippen LogP contribution in [0.2, 0.25) is 0 Å². The van der Waals surface area contributed by atoms with Crippen molar-refractivity contribution in [2.75, 3.05) is 25.0 Å². The van der Waals surface area contributed by atoms with Crippen molar-refractivity contribution in [1.29, 1.82) is 0 Å². The smallest absolute Gasteiger partial charge is 0.129 e. The lowest BCUT2D eigenvalue weighted by Crippen LogP contribution is -2.22. The fourth-order valence-electron chi connectivity index (χ4n) is 3.17. The van der Waals surface area contributed by atoms with Gasteiger partial charge in [0, 0.05) is 25.3 Å². The number of hydrogen-bond acceptors (Lipinski definition) is 3. The number of aromatic nitrogens is 1. The van der Waals surface area contributed by atoms with Crippen LogP contribution in [0, 0.1) is 5.92 Å². The van der Waals surface area contributed by atoms with E-state index in [1.807, 2.05) is 7.05 Å². The van der Waals surface area contributed by atoms with E-state index in [2.05, 4.69) is 36.2 Å². The molecule has 0 spiro atoms. The van der Waals surface area contributed by atoms with Gasteiger partial charge in [0.15, 0.2) is 0 Å². The molecule has 2 heterocycles. The summed E-state index contributed by atoms with van der Waals surface area (Å²) >= 11 is 0. The average molecular weight is 275 g/mol. The summed E-state index contributed by atoms with van der Waals surface area (Å²) in [4.78, 5) is 7.36. The molecule has 1 fully saturated rings. The molecule has 1 N–H and O–H groups in total. The third kappa shape index (κ3) is 3.95. The van der Waals surface area contributed by atoms with Gasteiger partial charge < -0.3 is 10.2 Å². The number of rotatable bonds is 7. The Labute approximate surface area is 123 Å². The lowest BCUT2D eigenvalue weighted by molar-refractivity contribution is 0.529. The lowest BCUT2D eigenvalue weighted by Gasteiger charge is -2.19. The fourth-order valence-corrected chi connectivity index (χ4v) is 3.17. The van der Waals surface area contributed by atoms with Crippen LogP contribution in [0.1, 0.15) is 50.8 Å². The van der Waals surface area contributed by atoms with Crippen LogP contribution in [0.3, 0.4) is 0 Å².